The van der Waals surface area contributed by atoms with E-state index in [0.717, 1.165) is 12.8 Å². The summed E-state index contributed by atoms with van der Waals surface area (Å²) in [5.74, 6) is -0.590. The van der Waals surface area contributed by atoms with E-state index < -0.39 is 11.9 Å². The fourth-order valence-electron chi connectivity index (χ4n) is 2.83. The predicted octanol–water partition coefficient (Wildman–Crippen LogP) is 3.09. The van der Waals surface area contributed by atoms with Crippen molar-refractivity contribution in [2.24, 2.45) is 11.3 Å². The molecule has 1 aliphatic rings. The number of carbonyl (C=O) groups excluding carboxylic acids is 2. The number of hydrogen-bond donors (Lipinski definition) is 0. The number of carbonyl (C=O) groups is 2. The van der Waals surface area contributed by atoms with E-state index >= 15 is 0 Å². The minimum Gasteiger partial charge on any atom is -0.466 e. The molecule has 4 nitrogen and oxygen atoms in total. The van der Waals surface area contributed by atoms with E-state index in [-0.39, 0.29) is 12.5 Å². The molecule has 0 saturated heterocycles. The van der Waals surface area contributed by atoms with E-state index in [0.29, 0.717) is 17.9 Å². The van der Waals surface area contributed by atoms with Crippen LogP contribution in [0.3, 0.4) is 0 Å². The second-order valence-corrected chi connectivity index (χ2v) is 6.20. The molecule has 0 heterocycles. The van der Waals surface area contributed by atoms with Crippen molar-refractivity contribution in [3.05, 3.63) is 0 Å². The molecule has 0 spiro atoms. The van der Waals surface area contributed by atoms with Crippen molar-refractivity contribution in [1.82, 2.24) is 0 Å². The van der Waals surface area contributed by atoms with Crippen molar-refractivity contribution in [3.8, 4) is 0 Å². The van der Waals surface area contributed by atoms with Gasteiger partial charge in [-0.05, 0) is 44.4 Å². The average molecular weight is 270 g/mol. The minimum atomic E-state index is -0.510. The van der Waals surface area contributed by atoms with Crippen LogP contribution in [-0.4, -0.2) is 24.6 Å². The molecule has 0 aromatic carbocycles. The molecule has 0 radical (unpaired) electrons. The Morgan fingerprint density at radius 1 is 1.32 bits per heavy atom. The van der Waals surface area contributed by atoms with E-state index in [4.69, 9.17) is 9.47 Å². The third kappa shape index (κ3) is 5.62. The van der Waals surface area contributed by atoms with Gasteiger partial charge in [-0.25, -0.2) is 0 Å². The Morgan fingerprint density at radius 2 is 2.00 bits per heavy atom. The van der Waals surface area contributed by atoms with Crippen LogP contribution in [0.5, 0.6) is 0 Å². The lowest BCUT2D eigenvalue weighted by Crippen LogP contribution is -2.32. The van der Waals surface area contributed by atoms with Gasteiger partial charge in [0.15, 0.2) is 0 Å². The van der Waals surface area contributed by atoms with Crippen LogP contribution in [-0.2, 0) is 19.1 Å². The van der Waals surface area contributed by atoms with Gasteiger partial charge in [-0.1, -0.05) is 20.3 Å². The number of rotatable bonds is 5. The predicted molar refractivity (Wildman–Crippen MR) is 72.5 cm³/mol. The van der Waals surface area contributed by atoms with Gasteiger partial charge in [-0.15, -0.1) is 0 Å². The molecule has 110 valence electrons. The zero-order valence-corrected chi connectivity index (χ0v) is 12.5. The summed E-state index contributed by atoms with van der Waals surface area (Å²) >= 11 is 0. The van der Waals surface area contributed by atoms with E-state index in [1.54, 1.807) is 6.92 Å². The van der Waals surface area contributed by atoms with Crippen molar-refractivity contribution >= 4 is 11.9 Å². The topological polar surface area (TPSA) is 52.6 Å². The van der Waals surface area contributed by atoms with Gasteiger partial charge < -0.3 is 9.47 Å². The van der Waals surface area contributed by atoms with Crippen molar-refractivity contribution in [2.45, 2.75) is 65.9 Å². The van der Waals surface area contributed by atoms with Crippen molar-refractivity contribution < 1.29 is 19.1 Å². The Bertz CT molecular complexity index is 322. The van der Waals surface area contributed by atoms with Gasteiger partial charge >= 0.3 is 11.9 Å². The molecule has 1 fully saturated rings. The molecule has 4 heteroatoms. The number of esters is 2. The summed E-state index contributed by atoms with van der Waals surface area (Å²) in [6, 6.07) is 0. The van der Waals surface area contributed by atoms with Crippen LogP contribution in [0, 0.1) is 11.3 Å². The highest BCUT2D eigenvalue weighted by Gasteiger charge is 2.32. The average Bonchev–Trinajstić information content (AvgIpc) is 2.27. The molecule has 1 rings (SSSR count). The van der Waals surface area contributed by atoms with Crippen LogP contribution >= 0.6 is 0 Å². The summed E-state index contributed by atoms with van der Waals surface area (Å²) in [6.45, 7) is 8.45. The van der Waals surface area contributed by atoms with Gasteiger partial charge in [0.1, 0.15) is 12.5 Å². The summed E-state index contributed by atoms with van der Waals surface area (Å²) < 4.78 is 10.1. The molecular formula is C15H26O4. The summed E-state index contributed by atoms with van der Waals surface area (Å²) in [6.07, 6.45) is 4.16. The van der Waals surface area contributed by atoms with Crippen molar-refractivity contribution in [3.63, 3.8) is 0 Å². The van der Waals surface area contributed by atoms with Gasteiger partial charge in [0.25, 0.3) is 0 Å². The number of ether oxygens (including phenoxy) is 2. The molecule has 0 aromatic rings. The van der Waals surface area contributed by atoms with Gasteiger partial charge in [0.2, 0.25) is 0 Å². The normalized spacial score (nSPS) is 23.5. The Labute approximate surface area is 115 Å². The first-order chi connectivity index (χ1) is 8.84. The lowest BCUT2D eigenvalue weighted by molar-refractivity contribution is -0.159. The largest absolute Gasteiger partial charge is 0.466 e. The first-order valence-electron chi connectivity index (χ1n) is 7.19. The molecule has 0 N–H and O–H groups in total. The van der Waals surface area contributed by atoms with E-state index in [1.165, 1.54) is 12.8 Å². The van der Waals surface area contributed by atoms with Gasteiger partial charge in [-0.2, -0.15) is 0 Å². The highest BCUT2D eigenvalue weighted by atomic mass is 16.6. The molecule has 0 amide bonds. The van der Waals surface area contributed by atoms with Crippen LogP contribution in [0.15, 0.2) is 0 Å². The molecule has 1 aliphatic carbocycles. The van der Waals surface area contributed by atoms with Crippen molar-refractivity contribution in [2.75, 3.05) is 6.61 Å². The van der Waals surface area contributed by atoms with Crippen LogP contribution in [0.4, 0.5) is 0 Å². The Hall–Kier alpha value is -1.06. The lowest BCUT2D eigenvalue weighted by Gasteiger charge is -2.37. The molecule has 19 heavy (non-hydrogen) atoms. The van der Waals surface area contributed by atoms with Crippen LogP contribution in [0.1, 0.15) is 59.8 Å². The highest BCUT2D eigenvalue weighted by Crippen LogP contribution is 2.40. The Morgan fingerprint density at radius 3 is 2.58 bits per heavy atom. The standard InChI is InChI=1S/C15H26O4/c1-5-18-13(16)9-14(17)19-11(2)12-7-6-8-15(3,4)10-12/h11-12H,5-10H2,1-4H3/t11-,12?/m1/s1. The first-order valence-corrected chi connectivity index (χ1v) is 7.19. The molecule has 2 atom stereocenters. The fraction of sp³-hybridized carbons (Fsp3) is 0.867. The zero-order chi connectivity index (χ0) is 14.5. The van der Waals surface area contributed by atoms with Crippen LogP contribution in [0.25, 0.3) is 0 Å². The molecule has 0 aliphatic heterocycles. The molecule has 0 bridgehead atoms. The van der Waals surface area contributed by atoms with Crippen LogP contribution in [0.2, 0.25) is 0 Å². The van der Waals surface area contributed by atoms with E-state index in [2.05, 4.69) is 13.8 Å². The number of hydrogen-bond acceptors (Lipinski definition) is 4. The second-order valence-electron chi connectivity index (χ2n) is 6.20. The maximum absolute atomic E-state index is 11.6. The maximum atomic E-state index is 11.6. The van der Waals surface area contributed by atoms with Crippen molar-refractivity contribution in [1.29, 1.82) is 0 Å². The summed E-state index contributed by atoms with van der Waals surface area (Å²) in [5.41, 5.74) is 0.324. The summed E-state index contributed by atoms with van der Waals surface area (Å²) in [7, 11) is 0. The quantitative estimate of drug-likeness (QED) is 0.569. The van der Waals surface area contributed by atoms with Gasteiger partial charge in [-0.3, -0.25) is 9.59 Å². The third-order valence-electron chi connectivity index (χ3n) is 3.82. The SMILES string of the molecule is CCOC(=O)CC(=O)O[C@H](C)C1CCCC(C)(C)C1. The fourth-order valence-corrected chi connectivity index (χ4v) is 2.83. The molecular weight excluding hydrogens is 244 g/mol. The second kappa shape index (κ2) is 6.92. The highest BCUT2D eigenvalue weighted by molar-refractivity contribution is 5.91. The Balaban J connectivity index is 2.39. The summed E-state index contributed by atoms with van der Waals surface area (Å²) in [4.78, 5) is 22.8. The zero-order valence-electron chi connectivity index (χ0n) is 12.5. The molecule has 1 saturated carbocycles. The third-order valence-corrected chi connectivity index (χ3v) is 3.82. The first kappa shape index (κ1) is 16.0. The van der Waals surface area contributed by atoms with E-state index in [9.17, 15) is 9.59 Å². The van der Waals surface area contributed by atoms with Gasteiger partial charge in [0.05, 0.1) is 6.61 Å². The monoisotopic (exact) mass is 270 g/mol. The van der Waals surface area contributed by atoms with Gasteiger partial charge in [0, 0.05) is 0 Å². The molecule has 1 unspecified atom stereocenters. The van der Waals surface area contributed by atoms with E-state index in [1.807, 2.05) is 6.92 Å². The minimum absolute atomic E-state index is 0.124. The Kier molecular flexibility index (Phi) is 5.83. The molecule has 0 aromatic heterocycles. The summed E-state index contributed by atoms with van der Waals surface area (Å²) in [5, 5.41) is 0. The smallest absolute Gasteiger partial charge is 0.317 e. The lowest BCUT2D eigenvalue weighted by atomic mass is 9.71. The van der Waals surface area contributed by atoms with Crippen LogP contribution < -0.4 is 0 Å². The maximum Gasteiger partial charge on any atom is 0.317 e.